The molecule has 224 valence electrons. The minimum atomic E-state index is -0.976. The molecule has 3 aromatic carbocycles. The largest absolute Gasteiger partial charge is 0.489 e. The molecule has 8 nitrogen and oxygen atoms in total. The molecule has 0 aromatic heterocycles. The fourth-order valence-electron chi connectivity index (χ4n) is 4.12. The Hall–Kier alpha value is -4.04. The number of ether oxygens (including phenoxy) is 2. The van der Waals surface area contributed by atoms with Gasteiger partial charge in [-0.2, -0.15) is 0 Å². The molecule has 2 atom stereocenters. The zero-order valence-corrected chi connectivity index (χ0v) is 25.5. The van der Waals surface area contributed by atoms with Gasteiger partial charge in [0.2, 0.25) is 5.91 Å². The van der Waals surface area contributed by atoms with Gasteiger partial charge < -0.3 is 25.4 Å². The van der Waals surface area contributed by atoms with Crippen LogP contribution >= 0.6 is 11.6 Å². The standard InChI is InChI=1S/C33H40ClN3O5/c1-22(2)19-28(37-32(40)36-27-14-10-9-13-26(27)34)30(38)35-29(31(39)42-33(3,4)5)20-23-15-17-25(18-16-23)41-21-24-11-7-6-8-12-24/h6-18,22,28-29H,19-21H2,1-5H3,(H,35,38)(H2,36,37,40)/t28-,29-/m0/s1. The number of carbonyl (C=O) groups is 3. The summed E-state index contributed by atoms with van der Waals surface area (Å²) in [5.74, 6) is -0.281. The lowest BCUT2D eigenvalue weighted by molar-refractivity contribution is -0.158. The van der Waals surface area contributed by atoms with Crippen molar-refractivity contribution in [2.45, 2.75) is 71.8 Å². The predicted molar refractivity (Wildman–Crippen MR) is 166 cm³/mol. The molecule has 3 amide bonds. The molecule has 42 heavy (non-hydrogen) atoms. The number of hydrogen-bond acceptors (Lipinski definition) is 5. The van der Waals surface area contributed by atoms with Gasteiger partial charge in [0.1, 0.15) is 30.0 Å². The summed E-state index contributed by atoms with van der Waals surface area (Å²) in [7, 11) is 0. The molecule has 0 aliphatic heterocycles. The predicted octanol–water partition coefficient (Wildman–Crippen LogP) is 6.52. The molecule has 0 fully saturated rings. The summed E-state index contributed by atoms with van der Waals surface area (Å²) < 4.78 is 11.5. The second kappa shape index (κ2) is 15.3. The fourth-order valence-corrected chi connectivity index (χ4v) is 4.30. The molecule has 0 heterocycles. The maximum Gasteiger partial charge on any atom is 0.329 e. The maximum absolute atomic E-state index is 13.5. The molecule has 9 heteroatoms. The van der Waals surface area contributed by atoms with E-state index in [0.717, 1.165) is 11.1 Å². The van der Waals surface area contributed by atoms with Crippen LogP contribution in [0.25, 0.3) is 0 Å². The van der Waals surface area contributed by atoms with Gasteiger partial charge in [-0.25, -0.2) is 9.59 Å². The summed E-state index contributed by atoms with van der Waals surface area (Å²) in [5.41, 5.74) is 1.53. The highest BCUT2D eigenvalue weighted by molar-refractivity contribution is 6.33. The molecule has 0 spiro atoms. The zero-order chi connectivity index (χ0) is 30.7. The molecule has 3 N–H and O–H groups in total. The lowest BCUT2D eigenvalue weighted by atomic mass is 10.0. The highest BCUT2D eigenvalue weighted by atomic mass is 35.5. The first-order valence-electron chi connectivity index (χ1n) is 14.0. The van der Waals surface area contributed by atoms with Crippen molar-refractivity contribution in [1.29, 1.82) is 0 Å². The number of hydrogen-bond donors (Lipinski definition) is 3. The van der Waals surface area contributed by atoms with E-state index in [2.05, 4.69) is 16.0 Å². The summed E-state index contributed by atoms with van der Waals surface area (Å²) in [4.78, 5) is 39.4. The molecule has 0 bridgehead atoms. The van der Waals surface area contributed by atoms with Crippen LogP contribution in [0.4, 0.5) is 10.5 Å². The highest BCUT2D eigenvalue weighted by Crippen LogP contribution is 2.21. The summed E-state index contributed by atoms with van der Waals surface area (Å²) in [6.45, 7) is 9.63. The number of nitrogens with one attached hydrogen (secondary N) is 3. The van der Waals surface area contributed by atoms with Gasteiger partial charge in [-0.1, -0.05) is 80.0 Å². The van der Waals surface area contributed by atoms with Crippen LogP contribution in [0, 0.1) is 5.92 Å². The minimum Gasteiger partial charge on any atom is -0.489 e. The minimum absolute atomic E-state index is 0.0878. The third-order valence-corrected chi connectivity index (χ3v) is 6.40. The topological polar surface area (TPSA) is 106 Å². The maximum atomic E-state index is 13.5. The Labute approximate surface area is 253 Å². The third-order valence-electron chi connectivity index (χ3n) is 6.07. The second-order valence-corrected chi connectivity index (χ2v) is 11.9. The first kappa shape index (κ1) is 32.5. The number of carbonyl (C=O) groups excluding carboxylic acids is 3. The Morgan fingerprint density at radius 3 is 2.07 bits per heavy atom. The van der Waals surface area contributed by atoms with Crippen molar-refractivity contribution in [2.24, 2.45) is 5.92 Å². The summed E-state index contributed by atoms with van der Waals surface area (Å²) in [6.07, 6.45) is 0.552. The lowest BCUT2D eigenvalue weighted by Crippen LogP contribution is -2.54. The van der Waals surface area contributed by atoms with Crippen LogP contribution < -0.4 is 20.7 Å². The highest BCUT2D eigenvalue weighted by Gasteiger charge is 2.30. The van der Waals surface area contributed by atoms with Crippen LogP contribution in [0.15, 0.2) is 78.9 Å². The molecular weight excluding hydrogens is 554 g/mol. The van der Waals surface area contributed by atoms with Gasteiger partial charge in [0.15, 0.2) is 0 Å². The van der Waals surface area contributed by atoms with Gasteiger partial charge in [-0.05, 0) is 68.5 Å². The van der Waals surface area contributed by atoms with E-state index in [4.69, 9.17) is 21.1 Å². The molecule has 0 radical (unpaired) electrons. The lowest BCUT2D eigenvalue weighted by Gasteiger charge is -2.27. The Morgan fingerprint density at radius 2 is 1.45 bits per heavy atom. The molecule has 0 saturated heterocycles. The molecule has 0 saturated carbocycles. The zero-order valence-electron chi connectivity index (χ0n) is 24.8. The van der Waals surface area contributed by atoms with Crippen molar-refractivity contribution in [3.05, 3.63) is 95.0 Å². The van der Waals surface area contributed by atoms with E-state index in [1.54, 1.807) is 45.0 Å². The third kappa shape index (κ3) is 11.1. The number of rotatable bonds is 12. The van der Waals surface area contributed by atoms with Gasteiger partial charge in [0, 0.05) is 6.42 Å². The Morgan fingerprint density at radius 1 is 0.810 bits per heavy atom. The number of para-hydroxylation sites is 1. The van der Waals surface area contributed by atoms with Gasteiger partial charge in [-0.3, -0.25) is 4.79 Å². The molecule has 3 rings (SSSR count). The van der Waals surface area contributed by atoms with Crippen molar-refractivity contribution in [3.8, 4) is 5.75 Å². The smallest absolute Gasteiger partial charge is 0.329 e. The molecule has 0 aliphatic rings. The summed E-state index contributed by atoms with van der Waals surface area (Å²) >= 11 is 6.16. The van der Waals surface area contributed by atoms with E-state index in [1.165, 1.54) is 0 Å². The van der Waals surface area contributed by atoms with Crippen LogP contribution in [0.1, 0.15) is 52.2 Å². The Bertz CT molecular complexity index is 1320. The van der Waals surface area contributed by atoms with Crippen molar-refractivity contribution >= 4 is 35.2 Å². The number of benzene rings is 3. The molecule has 3 aromatic rings. The Balaban J connectivity index is 1.71. The molecular formula is C33H40ClN3O5. The summed E-state index contributed by atoms with van der Waals surface area (Å²) in [5, 5.41) is 8.60. The van der Waals surface area contributed by atoms with E-state index >= 15 is 0 Å². The van der Waals surface area contributed by atoms with Crippen LogP contribution in [-0.4, -0.2) is 35.6 Å². The van der Waals surface area contributed by atoms with E-state index in [9.17, 15) is 14.4 Å². The van der Waals surface area contributed by atoms with Crippen molar-refractivity contribution < 1.29 is 23.9 Å². The number of esters is 1. The first-order valence-corrected chi connectivity index (χ1v) is 14.4. The fraction of sp³-hybridized carbons (Fsp3) is 0.364. The normalized spacial score (nSPS) is 12.6. The van der Waals surface area contributed by atoms with Crippen LogP contribution in [-0.2, 0) is 27.4 Å². The van der Waals surface area contributed by atoms with Crippen molar-refractivity contribution in [3.63, 3.8) is 0 Å². The average Bonchev–Trinajstić information content (AvgIpc) is 2.92. The van der Waals surface area contributed by atoms with Crippen LogP contribution in [0.5, 0.6) is 5.75 Å². The second-order valence-electron chi connectivity index (χ2n) is 11.5. The van der Waals surface area contributed by atoms with Crippen molar-refractivity contribution in [1.82, 2.24) is 10.6 Å². The monoisotopic (exact) mass is 593 g/mol. The van der Waals surface area contributed by atoms with Gasteiger partial charge >= 0.3 is 12.0 Å². The van der Waals surface area contributed by atoms with E-state index in [-0.39, 0.29) is 12.3 Å². The van der Waals surface area contributed by atoms with Crippen LogP contribution in [0.2, 0.25) is 5.02 Å². The van der Waals surface area contributed by atoms with Gasteiger partial charge in [0.05, 0.1) is 10.7 Å². The van der Waals surface area contributed by atoms with Gasteiger partial charge in [0.25, 0.3) is 0 Å². The Kier molecular flexibility index (Phi) is 11.8. The SMILES string of the molecule is CC(C)C[C@H](NC(=O)Nc1ccccc1Cl)C(=O)N[C@@H](Cc1ccc(OCc2ccccc2)cc1)C(=O)OC(C)(C)C. The average molecular weight is 594 g/mol. The first-order chi connectivity index (χ1) is 19.9. The number of amides is 3. The summed E-state index contributed by atoms with van der Waals surface area (Å²) in [6, 6.07) is 21.6. The van der Waals surface area contributed by atoms with Crippen LogP contribution in [0.3, 0.4) is 0 Å². The van der Waals surface area contributed by atoms with E-state index in [1.807, 2.05) is 68.4 Å². The molecule has 0 unspecified atom stereocenters. The number of halogens is 1. The number of anilines is 1. The van der Waals surface area contributed by atoms with Crippen molar-refractivity contribution in [2.75, 3.05) is 5.32 Å². The quantitative estimate of drug-likeness (QED) is 0.207. The molecule has 0 aliphatic carbocycles. The van der Waals surface area contributed by atoms with E-state index in [0.29, 0.717) is 29.5 Å². The van der Waals surface area contributed by atoms with Gasteiger partial charge in [-0.15, -0.1) is 0 Å². The van der Waals surface area contributed by atoms with E-state index < -0.39 is 35.6 Å². The number of urea groups is 1.